The van der Waals surface area contributed by atoms with Crippen LogP contribution in [0, 0.1) is 6.92 Å². The van der Waals surface area contributed by atoms with Crippen LogP contribution in [0.4, 0.5) is 11.4 Å². The SMILES string of the molecule is CCC(C)SCC(=O)Nc1ccc(C)cc1N. The van der Waals surface area contributed by atoms with Gasteiger partial charge in [0.15, 0.2) is 0 Å². The summed E-state index contributed by atoms with van der Waals surface area (Å²) in [4.78, 5) is 11.7. The first kappa shape index (κ1) is 13.9. The van der Waals surface area contributed by atoms with E-state index in [4.69, 9.17) is 5.73 Å². The number of benzene rings is 1. The van der Waals surface area contributed by atoms with Crippen LogP contribution < -0.4 is 11.1 Å². The molecule has 0 aliphatic heterocycles. The average Bonchev–Trinajstić information content (AvgIpc) is 2.29. The minimum absolute atomic E-state index is 0.00542. The molecule has 0 saturated carbocycles. The summed E-state index contributed by atoms with van der Waals surface area (Å²) in [5.41, 5.74) is 8.24. The molecule has 0 aromatic heterocycles. The van der Waals surface area contributed by atoms with Gasteiger partial charge >= 0.3 is 0 Å². The maximum absolute atomic E-state index is 11.7. The van der Waals surface area contributed by atoms with E-state index >= 15 is 0 Å². The third-order valence-electron chi connectivity index (χ3n) is 2.56. The Balaban J connectivity index is 2.50. The number of hydrogen-bond acceptors (Lipinski definition) is 3. The van der Waals surface area contributed by atoms with Gasteiger partial charge in [0.2, 0.25) is 5.91 Å². The number of aryl methyl sites for hydroxylation is 1. The Hall–Kier alpha value is -1.16. The van der Waals surface area contributed by atoms with Gasteiger partial charge in [-0.15, -0.1) is 11.8 Å². The number of thioether (sulfide) groups is 1. The Morgan fingerprint density at radius 1 is 1.53 bits per heavy atom. The molecule has 1 atom stereocenters. The van der Waals surface area contributed by atoms with E-state index in [1.807, 2.05) is 25.1 Å². The van der Waals surface area contributed by atoms with Gasteiger partial charge in [-0.25, -0.2) is 0 Å². The Kier molecular flexibility index (Phi) is 5.35. The minimum atomic E-state index is 0.00542. The largest absolute Gasteiger partial charge is 0.397 e. The highest BCUT2D eigenvalue weighted by Gasteiger charge is 2.07. The van der Waals surface area contributed by atoms with Crippen molar-refractivity contribution in [2.24, 2.45) is 0 Å². The number of nitrogen functional groups attached to an aromatic ring is 1. The van der Waals surface area contributed by atoms with Crippen LogP contribution in [-0.2, 0) is 4.79 Å². The summed E-state index contributed by atoms with van der Waals surface area (Å²) in [6.07, 6.45) is 1.07. The summed E-state index contributed by atoms with van der Waals surface area (Å²) in [6, 6.07) is 5.64. The normalized spacial score (nSPS) is 12.2. The molecule has 94 valence electrons. The fraction of sp³-hybridized carbons (Fsp3) is 0.462. The Labute approximate surface area is 107 Å². The lowest BCUT2D eigenvalue weighted by atomic mass is 10.2. The van der Waals surface area contributed by atoms with Crippen LogP contribution in [0.2, 0.25) is 0 Å². The van der Waals surface area contributed by atoms with Gasteiger partial charge in [-0.05, 0) is 31.0 Å². The highest BCUT2D eigenvalue weighted by Crippen LogP contribution is 2.20. The molecule has 0 heterocycles. The number of carbonyl (C=O) groups is 1. The van der Waals surface area contributed by atoms with Crippen molar-refractivity contribution >= 4 is 29.0 Å². The van der Waals surface area contributed by atoms with Crippen molar-refractivity contribution in [1.82, 2.24) is 0 Å². The van der Waals surface area contributed by atoms with Crippen LogP contribution in [0.3, 0.4) is 0 Å². The summed E-state index contributed by atoms with van der Waals surface area (Å²) < 4.78 is 0. The Morgan fingerprint density at radius 3 is 2.82 bits per heavy atom. The predicted octanol–water partition coefficient (Wildman–Crippen LogP) is 3.05. The third kappa shape index (κ3) is 4.69. The number of anilines is 2. The lowest BCUT2D eigenvalue weighted by Gasteiger charge is -2.10. The average molecular weight is 252 g/mol. The van der Waals surface area contributed by atoms with Gasteiger partial charge < -0.3 is 11.1 Å². The first-order valence-corrected chi connectivity index (χ1v) is 6.85. The van der Waals surface area contributed by atoms with Crippen molar-refractivity contribution in [1.29, 1.82) is 0 Å². The summed E-state index contributed by atoms with van der Waals surface area (Å²) in [5, 5.41) is 3.34. The molecule has 17 heavy (non-hydrogen) atoms. The molecular weight excluding hydrogens is 232 g/mol. The van der Waals surface area contributed by atoms with Crippen LogP contribution in [0.1, 0.15) is 25.8 Å². The Morgan fingerprint density at radius 2 is 2.24 bits per heavy atom. The number of amides is 1. The standard InChI is InChI=1S/C13H20N2OS/c1-4-10(3)17-8-13(16)15-12-6-5-9(2)7-11(12)14/h5-7,10H,4,8,14H2,1-3H3,(H,15,16). The topological polar surface area (TPSA) is 55.1 Å². The van der Waals surface area contributed by atoms with E-state index in [0.717, 1.165) is 12.0 Å². The summed E-state index contributed by atoms with van der Waals surface area (Å²) in [6.45, 7) is 6.21. The maximum Gasteiger partial charge on any atom is 0.234 e. The number of carbonyl (C=O) groups excluding carboxylic acids is 1. The lowest BCUT2D eigenvalue weighted by Crippen LogP contribution is -2.16. The van der Waals surface area contributed by atoms with Crippen LogP contribution >= 0.6 is 11.8 Å². The van der Waals surface area contributed by atoms with Gasteiger partial charge in [0.05, 0.1) is 17.1 Å². The zero-order chi connectivity index (χ0) is 12.8. The molecule has 0 spiro atoms. The molecule has 0 saturated heterocycles. The van der Waals surface area contributed by atoms with Crippen LogP contribution in [0.5, 0.6) is 0 Å². The Bertz CT molecular complexity index is 393. The monoisotopic (exact) mass is 252 g/mol. The summed E-state index contributed by atoms with van der Waals surface area (Å²) >= 11 is 1.66. The number of hydrogen-bond donors (Lipinski definition) is 2. The van der Waals surface area contributed by atoms with Crippen molar-refractivity contribution < 1.29 is 4.79 Å². The van der Waals surface area contributed by atoms with Crippen molar-refractivity contribution in [3.05, 3.63) is 23.8 Å². The lowest BCUT2D eigenvalue weighted by molar-refractivity contribution is -0.113. The second-order valence-corrected chi connectivity index (χ2v) is 5.60. The van der Waals surface area contributed by atoms with Gasteiger partial charge in [0.25, 0.3) is 0 Å². The molecule has 4 heteroatoms. The van der Waals surface area contributed by atoms with Crippen LogP contribution in [-0.4, -0.2) is 16.9 Å². The molecule has 1 aromatic carbocycles. The summed E-state index contributed by atoms with van der Waals surface area (Å²) in [7, 11) is 0. The van der Waals surface area contributed by atoms with Gasteiger partial charge in [0.1, 0.15) is 0 Å². The van der Waals surface area contributed by atoms with Crippen molar-refractivity contribution in [3.63, 3.8) is 0 Å². The number of rotatable bonds is 5. The highest BCUT2D eigenvalue weighted by atomic mass is 32.2. The molecular formula is C13H20N2OS. The van der Waals surface area contributed by atoms with E-state index in [9.17, 15) is 4.79 Å². The molecule has 3 nitrogen and oxygen atoms in total. The molecule has 0 aliphatic rings. The van der Waals surface area contributed by atoms with Crippen molar-refractivity contribution in [3.8, 4) is 0 Å². The molecule has 3 N–H and O–H groups in total. The molecule has 1 unspecified atom stereocenters. The van der Waals surface area contributed by atoms with E-state index < -0.39 is 0 Å². The fourth-order valence-electron chi connectivity index (χ4n) is 1.32. The first-order chi connectivity index (χ1) is 8.02. The first-order valence-electron chi connectivity index (χ1n) is 5.80. The molecule has 1 rings (SSSR count). The maximum atomic E-state index is 11.7. The molecule has 1 aromatic rings. The molecule has 0 bridgehead atoms. The van der Waals surface area contributed by atoms with Crippen LogP contribution in [0.25, 0.3) is 0 Å². The zero-order valence-electron chi connectivity index (χ0n) is 10.6. The van der Waals surface area contributed by atoms with E-state index in [0.29, 0.717) is 22.4 Å². The predicted molar refractivity (Wildman–Crippen MR) is 76.4 cm³/mol. The summed E-state index contributed by atoms with van der Waals surface area (Å²) in [5.74, 6) is 0.480. The second-order valence-electron chi connectivity index (χ2n) is 4.17. The van der Waals surface area contributed by atoms with Gasteiger partial charge in [-0.3, -0.25) is 4.79 Å². The van der Waals surface area contributed by atoms with E-state index in [-0.39, 0.29) is 5.91 Å². The third-order valence-corrected chi connectivity index (χ3v) is 3.89. The quantitative estimate of drug-likeness (QED) is 0.792. The van der Waals surface area contributed by atoms with Gasteiger partial charge in [-0.2, -0.15) is 0 Å². The van der Waals surface area contributed by atoms with Gasteiger partial charge in [0, 0.05) is 5.25 Å². The highest BCUT2D eigenvalue weighted by molar-refractivity contribution is 8.00. The van der Waals surface area contributed by atoms with E-state index in [1.54, 1.807) is 11.8 Å². The zero-order valence-corrected chi connectivity index (χ0v) is 11.4. The van der Waals surface area contributed by atoms with Crippen LogP contribution in [0.15, 0.2) is 18.2 Å². The molecule has 1 amide bonds. The van der Waals surface area contributed by atoms with Crippen molar-refractivity contribution in [2.45, 2.75) is 32.4 Å². The number of nitrogens with one attached hydrogen (secondary N) is 1. The smallest absolute Gasteiger partial charge is 0.234 e. The van der Waals surface area contributed by atoms with Gasteiger partial charge in [-0.1, -0.05) is 19.9 Å². The van der Waals surface area contributed by atoms with E-state index in [2.05, 4.69) is 19.2 Å². The molecule has 0 fully saturated rings. The number of nitrogens with two attached hydrogens (primary N) is 1. The second kappa shape index (κ2) is 6.55. The molecule has 0 radical (unpaired) electrons. The van der Waals surface area contributed by atoms with Crippen molar-refractivity contribution in [2.75, 3.05) is 16.8 Å². The fourth-order valence-corrected chi connectivity index (χ4v) is 2.06. The molecule has 0 aliphatic carbocycles. The van der Waals surface area contributed by atoms with E-state index in [1.165, 1.54) is 0 Å². The minimum Gasteiger partial charge on any atom is -0.397 e.